The maximum absolute atomic E-state index is 12.9. The van der Waals surface area contributed by atoms with E-state index in [0.717, 1.165) is 18.4 Å². The molecule has 0 radical (unpaired) electrons. The summed E-state index contributed by atoms with van der Waals surface area (Å²) in [5.74, 6) is -2.04. The van der Waals surface area contributed by atoms with Gasteiger partial charge in [0.1, 0.15) is 9.77 Å². The van der Waals surface area contributed by atoms with E-state index in [1.54, 1.807) is 48.5 Å². The Hall–Kier alpha value is -3.01. The number of benzene rings is 2. The highest BCUT2D eigenvalue weighted by Crippen LogP contribution is 2.25. The first-order valence-electron chi connectivity index (χ1n) is 8.51. The number of hydrogen-bond acceptors (Lipinski definition) is 6. The maximum Gasteiger partial charge on any atom is 0.349 e. The molecule has 3 rings (SSSR count). The molecule has 0 bridgehead atoms. The van der Waals surface area contributed by atoms with Crippen LogP contribution < -0.4 is 10.3 Å². The van der Waals surface area contributed by atoms with Crippen molar-refractivity contribution in [3.05, 3.63) is 88.1 Å². The molecule has 1 heterocycles. The van der Waals surface area contributed by atoms with Gasteiger partial charge in [-0.05, 0) is 22.6 Å². The summed E-state index contributed by atoms with van der Waals surface area (Å²) in [4.78, 5) is 26.4. The number of amides is 1. The minimum Gasteiger partial charge on any atom is -0.465 e. The number of hydrazine groups is 1. The van der Waals surface area contributed by atoms with Crippen molar-refractivity contribution in [2.45, 2.75) is 10.8 Å². The first-order chi connectivity index (χ1) is 13.9. The van der Waals surface area contributed by atoms with Gasteiger partial charge in [-0.3, -0.25) is 10.2 Å². The third-order valence-electron chi connectivity index (χ3n) is 4.13. The molecule has 29 heavy (non-hydrogen) atoms. The molecule has 0 aliphatic rings. The standard InChI is InChI=1S/C20H18N2O5S2/c1-27-20(24)18-16(12-13-28-18)29(25,26)22-21-19(23)17(14-8-4-2-5-9-14)15-10-6-3-7-11-15/h2-13,17,22H,1H3,(H,21,23). The van der Waals surface area contributed by atoms with E-state index in [2.05, 4.69) is 15.0 Å². The summed E-state index contributed by atoms with van der Waals surface area (Å²) in [7, 11) is -3.00. The van der Waals surface area contributed by atoms with Crippen molar-refractivity contribution in [3.8, 4) is 0 Å². The average molecular weight is 431 g/mol. The van der Waals surface area contributed by atoms with E-state index in [1.807, 2.05) is 12.1 Å². The smallest absolute Gasteiger partial charge is 0.349 e. The van der Waals surface area contributed by atoms with Crippen LogP contribution in [0.1, 0.15) is 26.7 Å². The lowest BCUT2D eigenvalue weighted by Crippen LogP contribution is -2.44. The molecular formula is C20H18N2O5S2. The predicted octanol–water partition coefficient (Wildman–Crippen LogP) is 2.68. The van der Waals surface area contributed by atoms with E-state index in [9.17, 15) is 18.0 Å². The number of hydrogen-bond donors (Lipinski definition) is 2. The van der Waals surface area contributed by atoms with Crippen molar-refractivity contribution in [1.29, 1.82) is 0 Å². The van der Waals surface area contributed by atoms with Gasteiger partial charge < -0.3 is 4.74 Å². The summed E-state index contributed by atoms with van der Waals surface area (Å²) in [6, 6.07) is 19.3. The molecule has 0 unspecified atom stereocenters. The van der Waals surface area contributed by atoms with E-state index in [-0.39, 0.29) is 9.77 Å². The van der Waals surface area contributed by atoms with Gasteiger partial charge in [0.25, 0.3) is 10.0 Å². The molecule has 3 aromatic rings. The molecule has 150 valence electrons. The number of ether oxygens (including phenoxy) is 1. The van der Waals surface area contributed by atoms with Crippen LogP contribution in [0.25, 0.3) is 0 Å². The minimum absolute atomic E-state index is 0.0723. The lowest BCUT2D eigenvalue weighted by molar-refractivity contribution is -0.122. The monoisotopic (exact) mass is 430 g/mol. The van der Waals surface area contributed by atoms with Crippen LogP contribution >= 0.6 is 11.3 Å². The van der Waals surface area contributed by atoms with Gasteiger partial charge in [-0.1, -0.05) is 60.7 Å². The van der Waals surface area contributed by atoms with Crippen molar-refractivity contribution in [2.75, 3.05) is 7.11 Å². The number of carbonyl (C=O) groups is 2. The van der Waals surface area contributed by atoms with E-state index in [4.69, 9.17) is 0 Å². The SMILES string of the molecule is COC(=O)c1sccc1S(=O)(=O)NNC(=O)C(c1ccccc1)c1ccccc1. The Morgan fingerprint density at radius 2 is 1.48 bits per heavy atom. The van der Waals surface area contributed by atoms with Gasteiger partial charge in [-0.2, -0.15) is 0 Å². The van der Waals surface area contributed by atoms with E-state index in [0.29, 0.717) is 11.1 Å². The minimum atomic E-state index is -4.17. The van der Waals surface area contributed by atoms with Crippen LogP contribution in [0.4, 0.5) is 0 Å². The third-order valence-corrected chi connectivity index (χ3v) is 6.44. The van der Waals surface area contributed by atoms with Crippen molar-refractivity contribution in [2.24, 2.45) is 0 Å². The van der Waals surface area contributed by atoms with Crippen molar-refractivity contribution in [3.63, 3.8) is 0 Å². The zero-order valence-electron chi connectivity index (χ0n) is 15.4. The predicted molar refractivity (Wildman–Crippen MR) is 109 cm³/mol. The lowest BCUT2D eigenvalue weighted by Gasteiger charge is -2.18. The third kappa shape index (κ3) is 4.70. The molecule has 2 N–H and O–H groups in total. The average Bonchev–Trinajstić information content (AvgIpc) is 3.25. The van der Waals surface area contributed by atoms with Gasteiger partial charge in [0, 0.05) is 0 Å². The first-order valence-corrected chi connectivity index (χ1v) is 10.9. The summed E-state index contributed by atoms with van der Waals surface area (Å²) >= 11 is 0.937. The van der Waals surface area contributed by atoms with Gasteiger partial charge >= 0.3 is 5.97 Å². The quantitative estimate of drug-likeness (QED) is 0.443. The zero-order valence-corrected chi connectivity index (χ0v) is 17.0. The lowest BCUT2D eigenvalue weighted by atomic mass is 9.91. The van der Waals surface area contributed by atoms with E-state index in [1.165, 1.54) is 11.4 Å². The number of sulfonamides is 1. The number of carbonyl (C=O) groups excluding carboxylic acids is 2. The normalized spacial score (nSPS) is 11.2. The molecule has 0 aliphatic carbocycles. The van der Waals surface area contributed by atoms with Crippen molar-refractivity contribution < 1.29 is 22.7 Å². The van der Waals surface area contributed by atoms with Crippen LogP contribution in [0.15, 0.2) is 77.0 Å². The summed E-state index contributed by atoms with van der Waals surface area (Å²) < 4.78 is 29.8. The van der Waals surface area contributed by atoms with Crippen LogP contribution in [0, 0.1) is 0 Å². The Morgan fingerprint density at radius 3 is 2.00 bits per heavy atom. The first kappa shape index (κ1) is 20.7. The number of methoxy groups -OCH3 is 1. The molecule has 1 amide bonds. The Bertz CT molecular complexity index is 1060. The molecule has 9 heteroatoms. The second-order valence-corrected chi connectivity index (χ2v) is 8.52. The van der Waals surface area contributed by atoms with E-state index < -0.39 is 27.8 Å². The Balaban J connectivity index is 1.84. The largest absolute Gasteiger partial charge is 0.465 e. The summed E-state index contributed by atoms with van der Waals surface area (Å²) in [5, 5.41) is 1.46. The maximum atomic E-state index is 12.9. The molecule has 2 aromatic carbocycles. The Morgan fingerprint density at radius 1 is 0.931 bits per heavy atom. The van der Waals surface area contributed by atoms with Crippen molar-refractivity contribution in [1.82, 2.24) is 10.3 Å². The van der Waals surface area contributed by atoms with E-state index >= 15 is 0 Å². The number of thiophene rings is 1. The summed E-state index contributed by atoms with van der Waals surface area (Å²) in [6.45, 7) is 0. The number of esters is 1. The fourth-order valence-corrected chi connectivity index (χ4v) is 4.96. The highest BCUT2D eigenvalue weighted by atomic mass is 32.2. The van der Waals surface area contributed by atoms with Crippen molar-refractivity contribution >= 4 is 33.2 Å². The molecule has 0 spiro atoms. The van der Waals surface area contributed by atoms with Gasteiger partial charge in [0.05, 0.1) is 13.0 Å². The highest BCUT2D eigenvalue weighted by molar-refractivity contribution is 7.89. The Labute approximate surface area is 172 Å². The highest BCUT2D eigenvalue weighted by Gasteiger charge is 2.27. The number of nitrogens with one attached hydrogen (secondary N) is 2. The molecule has 0 saturated carbocycles. The summed E-state index contributed by atoms with van der Waals surface area (Å²) in [5.41, 5.74) is 3.69. The molecule has 0 atom stereocenters. The fourth-order valence-electron chi connectivity index (χ4n) is 2.78. The van der Waals surface area contributed by atoms with Crippen LogP contribution in [0.5, 0.6) is 0 Å². The van der Waals surface area contributed by atoms with Gasteiger partial charge in [0.2, 0.25) is 5.91 Å². The molecular weight excluding hydrogens is 412 g/mol. The summed E-state index contributed by atoms with van der Waals surface area (Å²) in [6.07, 6.45) is 0. The van der Waals surface area contributed by atoms with Crippen LogP contribution in [0.2, 0.25) is 0 Å². The fraction of sp³-hybridized carbons (Fsp3) is 0.100. The van der Waals surface area contributed by atoms with Gasteiger partial charge in [0.15, 0.2) is 0 Å². The molecule has 0 fully saturated rings. The second kappa shape index (κ2) is 8.99. The topological polar surface area (TPSA) is 102 Å². The van der Waals surface area contributed by atoms with Gasteiger partial charge in [-0.25, -0.2) is 13.2 Å². The van der Waals surface area contributed by atoms with Crippen LogP contribution in [-0.2, 0) is 19.6 Å². The van der Waals surface area contributed by atoms with Crippen LogP contribution in [0.3, 0.4) is 0 Å². The second-order valence-electron chi connectivity index (χ2n) is 5.95. The molecule has 0 saturated heterocycles. The molecule has 0 aliphatic heterocycles. The molecule has 7 nitrogen and oxygen atoms in total. The van der Waals surface area contributed by atoms with Crippen LogP contribution in [-0.4, -0.2) is 27.4 Å². The Kier molecular flexibility index (Phi) is 6.42. The van der Waals surface area contributed by atoms with Gasteiger partial charge in [-0.15, -0.1) is 16.2 Å². The zero-order chi connectivity index (χ0) is 20.9. The number of rotatable bonds is 7. The molecule has 1 aromatic heterocycles.